The van der Waals surface area contributed by atoms with Gasteiger partial charge < -0.3 is 5.32 Å². The van der Waals surface area contributed by atoms with Gasteiger partial charge in [0.2, 0.25) is 5.95 Å². The Morgan fingerprint density at radius 2 is 1.65 bits per heavy atom. The SMILES string of the molecule is O=C1C[C@@H](c2ccccc2)C=C2Nc3ncnn3[C@H](c3ccccc3)[C@@H]12. The molecule has 3 atom stereocenters. The second-order valence-electron chi connectivity index (χ2n) is 6.80. The van der Waals surface area contributed by atoms with E-state index in [2.05, 4.69) is 45.7 Å². The number of allylic oxidation sites excluding steroid dienone is 2. The van der Waals surface area contributed by atoms with Crippen molar-refractivity contribution in [1.82, 2.24) is 14.8 Å². The zero-order valence-corrected chi connectivity index (χ0v) is 14.1. The number of aromatic nitrogens is 3. The molecule has 0 saturated heterocycles. The number of carbonyl (C=O) groups is 1. The van der Waals surface area contributed by atoms with Crippen molar-refractivity contribution < 1.29 is 4.79 Å². The predicted molar refractivity (Wildman–Crippen MR) is 98.6 cm³/mol. The van der Waals surface area contributed by atoms with Crippen molar-refractivity contribution >= 4 is 11.7 Å². The molecule has 3 aromatic rings. The van der Waals surface area contributed by atoms with Gasteiger partial charge in [0.25, 0.3) is 0 Å². The third kappa shape index (κ3) is 2.36. The zero-order chi connectivity index (χ0) is 17.5. The van der Waals surface area contributed by atoms with Crippen LogP contribution in [-0.2, 0) is 4.79 Å². The number of Topliss-reactive ketones (excluding diaryl/α,β-unsaturated/α-hetero) is 1. The highest BCUT2D eigenvalue weighted by Crippen LogP contribution is 2.43. The molecule has 0 fully saturated rings. The van der Waals surface area contributed by atoms with Gasteiger partial charge >= 0.3 is 0 Å². The Balaban J connectivity index is 1.63. The van der Waals surface area contributed by atoms with Crippen LogP contribution in [0, 0.1) is 5.92 Å². The minimum atomic E-state index is -0.258. The summed E-state index contributed by atoms with van der Waals surface area (Å²) in [6, 6.07) is 20.1. The Morgan fingerprint density at radius 1 is 0.962 bits per heavy atom. The van der Waals surface area contributed by atoms with E-state index < -0.39 is 0 Å². The molecule has 1 aliphatic carbocycles. The molecule has 128 valence electrons. The molecule has 0 saturated carbocycles. The van der Waals surface area contributed by atoms with E-state index in [9.17, 15) is 4.79 Å². The molecule has 26 heavy (non-hydrogen) atoms. The lowest BCUT2D eigenvalue weighted by atomic mass is 9.76. The zero-order valence-electron chi connectivity index (χ0n) is 14.1. The molecule has 0 radical (unpaired) electrons. The number of benzene rings is 2. The third-order valence-corrected chi connectivity index (χ3v) is 5.26. The number of ketones is 1. The van der Waals surface area contributed by atoms with Crippen molar-refractivity contribution in [1.29, 1.82) is 0 Å². The van der Waals surface area contributed by atoms with Crippen LogP contribution in [0.25, 0.3) is 0 Å². The van der Waals surface area contributed by atoms with Crippen LogP contribution in [0.15, 0.2) is 78.8 Å². The van der Waals surface area contributed by atoms with E-state index in [0.717, 1.165) is 16.8 Å². The molecule has 0 spiro atoms. The van der Waals surface area contributed by atoms with E-state index in [-0.39, 0.29) is 23.7 Å². The van der Waals surface area contributed by atoms with E-state index in [1.807, 2.05) is 41.1 Å². The molecule has 1 aromatic heterocycles. The highest BCUT2D eigenvalue weighted by Gasteiger charge is 2.43. The maximum absolute atomic E-state index is 13.2. The number of hydrogen-bond acceptors (Lipinski definition) is 4. The second-order valence-corrected chi connectivity index (χ2v) is 6.80. The fraction of sp³-hybridized carbons (Fsp3) is 0.190. The number of nitrogens with zero attached hydrogens (tertiary/aromatic N) is 3. The summed E-state index contributed by atoms with van der Waals surface area (Å²) in [6.45, 7) is 0. The molecule has 5 rings (SSSR count). The number of nitrogens with one attached hydrogen (secondary N) is 1. The smallest absolute Gasteiger partial charge is 0.226 e. The van der Waals surface area contributed by atoms with Crippen molar-refractivity contribution in [3.05, 3.63) is 89.9 Å². The fourth-order valence-electron chi connectivity index (χ4n) is 4.07. The van der Waals surface area contributed by atoms with Crippen LogP contribution in [-0.4, -0.2) is 20.5 Å². The molecular formula is C21H18N4O. The van der Waals surface area contributed by atoms with Gasteiger partial charge in [0.05, 0.1) is 12.0 Å². The van der Waals surface area contributed by atoms with Gasteiger partial charge in [-0.1, -0.05) is 66.7 Å². The highest BCUT2D eigenvalue weighted by atomic mass is 16.1. The largest absolute Gasteiger partial charge is 0.328 e. The Bertz CT molecular complexity index is 978. The summed E-state index contributed by atoms with van der Waals surface area (Å²) >= 11 is 0. The first-order chi connectivity index (χ1) is 12.8. The molecule has 1 N–H and O–H groups in total. The van der Waals surface area contributed by atoms with Crippen LogP contribution in [0.2, 0.25) is 0 Å². The standard InChI is InChI=1S/C21H18N4O/c26-18-12-16(14-7-3-1-4-8-14)11-17-19(18)20(15-9-5-2-6-10-15)25-21(24-17)22-13-23-25/h1-11,13,16,19-20H,12H2,(H,22,23,24)/t16-,19+,20+/m0/s1. The quantitative estimate of drug-likeness (QED) is 0.774. The second kappa shape index (κ2) is 5.95. The Labute approximate surface area is 151 Å². The molecule has 5 heteroatoms. The summed E-state index contributed by atoms with van der Waals surface area (Å²) in [7, 11) is 0. The van der Waals surface area contributed by atoms with Crippen LogP contribution in [0.1, 0.15) is 29.5 Å². The minimum absolute atomic E-state index is 0.0911. The lowest BCUT2D eigenvalue weighted by Crippen LogP contribution is -2.40. The van der Waals surface area contributed by atoms with Gasteiger partial charge in [0.1, 0.15) is 12.1 Å². The lowest BCUT2D eigenvalue weighted by Gasteiger charge is -2.38. The number of hydrogen-bond donors (Lipinski definition) is 1. The van der Waals surface area contributed by atoms with Gasteiger partial charge in [-0.2, -0.15) is 10.1 Å². The van der Waals surface area contributed by atoms with Crippen molar-refractivity contribution in [3.63, 3.8) is 0 Å². The number of anilines is 1. The molecule has 0 amide bonds. The average Bonchev–Trinajstić information content (AvgIpc) is 3.15. The number of fused-ring (bicyclic) bond motifs is 2. The monoisotopic (exact) mass is 342 g/mol. The van der Waals surface area contributed by atoms with Crippen molar-refractivity contribution in [2.45, 2.75) is 18.4 Å². The molecule has 0 unspecified atom stereocenters. The predicted octanol–water partition coefficient (Wildman–Crippen LogP) is 3.55. The topological polar surface area (TPSA) is 59.8 Å². The van der Waals surface area contributed by atoms with Crippen molar-refractivity contribution in [2.24, 2.45) is 5.92 Å². The first-order valence-corrected chi connectivity index (χ1v) is 8.82. The van der Waals surface area contributed by atoms with E-state index in [1.54, 1.807) is 0 Å². The van der Waals surface area contributed by atoms with E-state index >= 15 is 0 Å². The fourth-order valence-corrected chi connectivity index (χ4v) is 4.07. The first kappa shape index (κ1) is 15.1. The molecule has 0 bridgehead atoms. The summed E-state index contributed by atoms with van der Waals surface area (Å²) in [4.78, 5) is 17.5. The number of carbonyl (C=O) groups excluding carboxylic acids is 1. The summed E-state index contributed by atoms with van der Waals surface area (Å²) < 4.78 is 1.83. The van der Waals surface area contributed by atoms with Crippen molar-refractivity contribution in [3.8, 4) is 0 Å². The molecule has 5 nitrogen and oxygen atoms in total. The molecule has 2 aromatic carbocycles. The lowest BCUT2D eigenvalue weighted by molar-refractivity contribution is -0.123. The maximum atomic E-state index is 13.2. The number of rotatable bonds is 2. The van der Waals surface area contributed by atoms with E-state index in [0.29, 0.717) is 12.4 Å². The van der Waals surface area contributed by atoms with Crippen LogP contribution in [0.4, 0.5) is 5.95 Å². The average molecular weight is 342 g/mol. The molecule has 2 aliphatic rings. The third-order valence-electron chi connectivity index (χ3n) is 5.26. The van der Waals surface area contributed by atoms with E-state index in [4.69, 9.17) is 0 Å². The molecule has 2 heterocycles. The van der Waals surface area contributed by atoms with Gasteiger partial charge in [0.15, 0.2) is 0 Å². The van der Waals surface area contributed by atoms with Gasteiger partial charge in [-0.25, -0.2) is 4.68 Å². The molecular weight excluding hydrogens is 324 g/mol. The highest BCUT2D eigenvalue weighted by molar-refractivity contribution is 5.88. The summed E-state index contributed by atoms with van der Waals surface area (Å²) in [5.41, 5.74) is 3.17. The Hall–Kier alpha value is -3.21. The van der Waals surface area contributed by atoms with Gasteiger partial charge in [-0.15, -0.1) is 0 Å². The van der Waals surface area contributed by atoms with Gasteiger partial charge in [0, 0.05) is 18.0 Å². The summed E-state index contributed by atoms with van der Waals surface area (Å²) in [5.74, 6) is 0.752. The van der Waals surface area contributed by atoms with Gasteiger partial charge in [-0.3, -0.25) is 4.79 Å². The van der Waals surface area contributed by atoms with Crippen LogP contribution in [0.5, 0.6) is 0 Å². The van der Waals surface area contributed by atoms with Crippen LogP contribution < -0.4 is 5.32 Å². The van der Waals surface area contributed by atoms with Crippen LogP contribution in [0.3, 0.4) is 0 Å². The van der Waals surface area contributed by atoms with Crippen molar-refractivity contribution in [2.75, 3.05) is 5.32 Å². The maximum Gasteiger partial charge on any atom is 0.226 e. The Morgan fingerprint density at radius 3 is 2.38 bits per heavy atom. The van der Waals surface area contributed by atoms with Gasteiger partial charge in [-0.05, 0) is 11.1 Å². The van der Waals surface area contributed by atoms with E-state index in [1.165, 1.54) is 6.33 Å². The first-order valence-electron chi connectivity index (χ1n) is 8.82. The summed E-state index contributed by atoms with van der Waals surface area (Å²) in [5, 5.41) is 7.72. The Kier molecular flexibility index (Phi) is 3.45. The minimum Gasteiger partial charge on any atom is -0.328 e. The summed E-state index contributed by atoms with van der Waals surface area (Å²) in [6.07, 6.45) is 4.23. The normalized spacial score (nSPS) is 24.2. The molecule has 1 aliphatic heterocycles. The van der Waals surface area contributed by atoms with Crippen LogP contribution >= 0.6 is 0 Å².